The molecule has 1 amide bonds. The third-order valence-electron chi connectivity index (χ3n) is 7.44. The van der Waals surface area contributed by atoms with E-state index in [2.05, 4.69) is 37.6 Å². The van der Waals surface area contributed by atoms with E-state index in [1.807, 2.05) is 25.2 Å². The van der Waals surface area contributed by atoms with Crippen molar-refractivity contribution in [3.05, 3.63) is 77.2 Å². The molecular weight excluding hydrogens is 480 g/mol. The quantitative estimate of drug-likeness (QED) is 0.401. The highest BCUT2D eigenvalue weighted by Crippen LogP contribution is 2.32. The van der Waals surface area contributed by atoms with Gasteiger partial charge in [-0.1, -0.05) is 12.1 Å². The number of amides is 1. The number of aromatic carboxylic acids is 1. The van der Waals surface area contributed by atoms with Crippen LogP contribution in [0.15, 0.2) is 54.7 Å². The summed E-state index contributed by atoms with van der Waals surface area (Å²) < 4.78 is 2.10. The lowest BCUT2D eigenvalue weighted by atomic mass is 9.89. The number of pyridine rings is 2. The molecule has 1 fully saturated rings. The van der Waals surface area contributed by atoms with Gasteiger partial charge in [0.15, 0.2) is 5.69 Å². The van der Waals surface area contributed by atoms with Crippen LogP contribution in [-0.4, -0.2) is 68.5 Å². The van der Waals surface area contributed by atoms with Gasteiger partial charge in [0.25, 0.3) is 5.91 Å². The molecule has 0 aliphatic carbocycles. The van der Waals surface area contributed by atoms with Crippen molar-refractivity contribution in [2.75, 3.05) is 32.9 Å². The summed E-state index contributed by atoms with van der Waals surface area (Å²) in [5.41, 5.74) is 11.2. The predicted octanol–water partition coefficient (Wildman–Crippen LogP) is 4.00. The molecule has 1 aliphatic heterocycles. The van der Waals surface area contributed by atoms with Crippen LogP contribution in [0.4, 0.5) is 5.69 Å². The fourth-order valence-electron chi connectivity index (χ4n) is 5.25. The van der Waals surface area contributed by atoms with Crippen LogP contribution in [-0.2, 0) is 13.6 Å². The third-order valence-corrected chi connectivity index (χ3v) is 7.44. The van der Waals surface area contributed by atoms with Crippen molar-refractivity contribution in [3.63, 3.8) is 0 Å². The second kappa shape index (κ2) is 10.3. The number of piperidine rings is 1. The van der Waals surface area contributed by atoms with Gasteiger partial charge < -0.3 is 20.3 Å². The van der Waals surface area contributed by atoms with Crippen LogP contribution in [0.25, 0.3) is 22.3 Å². The zero-order valence-corrected chi connectivity index (χ0v) is 21.9. The van der Waals surface area contributed by atoms with Gasteiger partial charge in [-0.15, -0.1) is 0 Å². The number of fused-ring (bicyclic) bond motifs is 1. The molecule has 0 spiro atoms. The lowest BCUT2D eigenvalue weighted by Gasteiger charge is -2.32. The van der Waals surface area contributed by atoms with Gasteiger partial charge in [0.05, 0.1) is 11.4 Å². The van der Waals surface area contributed by atoms with Gasteiger partial charge >= 0.3 is 5.97 Å². The first-order valence-electron chi connectivity index (χ1n) is 12.7. The van der Waals surface area contributed by atoms with Crippen LogP contribution in [0.5, 0.6) is 0 Å². The van der Waals surface area contributed by atoms with Gasteiger partial charge in [-0.25, -0.2) is 14.8 Å². The summed E-state index contributed by atoms with van der Waals surface area (Å²) in [5.74, 6) is -0.645. The number of carboxylic acid groups (broad SMARTS) is 1. The number of benzene rings is 1. The molecule has 0 atom stereocenters. The number of nitrogens with zero attached hydrogens (tertiary/aromatic N) is 5. The molecule has 0 saturated carbocycles. The minimum absolute atomic E-state index is 0.0217. The van der Waals surface area contributed by atoms with Crippen molar-refractivity contribution >= 4 is 28.6 Å². The van der Waals surface area contributed by atoms with Crippen LogP contribution < -0.4 is 5.73 Å². The van der Waals surface area contributed by atoms with Crippen LogP contribution in [0.2, 0.25) is 0 Å². The first-order chi connectivity index (χ1) is 18.2. The average Bonchev–Trinajstić information content (AvgIpc) is 3.24. The molecule has 5 rings (SSSR count). The minimum atomic E-state index is -1.15. The molecule has 0 unspecified atom stereocenters. The van der Waals surface area contributed by atoms with Crippen LogP contribution in [0.3, 0.4) is 0 Å². The second-order valence-electron chi connectivity index (χ2n) is 10.1. The number of anilines is 1. The van der Waals surface area contributed by atoms with E-state index in [1.54, 1.807) is 37.3 Å². The summed E-state index contributed by atoms with van der Waals surface area (Å²) in [6.45, 7) is 2.75. The van der Waals surface area contributed by atoms with Crippen molar-refractivity contribution in [3.8, 4) is 11.3 Å². The highest BCUT2D eigenvalue weighted by Gasteiger charge is 2.23. The number of carbonyl (C=O) groups excluding carboxylic acids is 1. The normalized spacial score (nSPS) is 14.6. The zero-order valence-electron chi connectivity index (χ0n) is 21.9. The Labute approximate surface area is 221 Å². The van der Waals surface area contributed by atoms with E-state index >= 15 is 0 Å². The largest absolute Gasteiger partial charge is 0.476 e. The Morgan fingerprint density at radius 2 is 1.79 bits per heavy atom. The van der Waals surface area contributed by atoms with Crippen LogP contribution in [0, 0.1) is 0 Å². The summed E-state index contributed by atoms with van der Waals surface area (Å²) in [6, 6.07) is 15.4. The Kier molecular flexibility index (Phi) is 6.86. The van der Waals surface area contributed by atoms with Crippen LogP contribution >= 0.6 is 0 Å². The monoisotopic (exact) mass is 512 g/mol. The van der Waals surface area contributed by atoms with Crippen molar-refractivity contribution < 1.29 is 14.7 Å². The van der Waals surface area contributed by atoms with Crippen molar-refractivity contribution in [1.82, 2.24) is 24.3 Å². The summed E-state index contributed by atoms with van der Waals surface area (Å²) in [4.78, 5) is 36.7. The molecule has 4 heterocycles. The van der Waals surface area contributed by atoms with E-state index in [0.29, 0.717) is 17.2 Å². The van der Waals surface area contributed by atoms with Crippen molar-refractivity contribution in [2.24, 2.45) is 7.05 Å². The van der Waals surface area contributed by atoms with E-state index < -0.39 is 5.97 Å². The molecular formula is C29H32N6O3. The van der Waals surface area contributed by atoms with E-state index in [-0.39, 0.29) is 17.3 Å². The number of hydrogen-bond acceptors (Lipinski definition) is 6. The van der Waals surface area contributed by atoms with E-state index in [4.69, 9.17) is 5.73 Å². The SMILES string of the molecule is CN(C)C(=O)c1ccc(C2CCN(Cc3cc4c(-c5ccc(N)c(C(=O)O)n5)ccnc4n3C)CC2)cc1. The topological polar surface area (TPSA) is 118 Å². The number of nitrogen functional groups attached to an aromatic ring is 1. The number of carbonyl (C=O) groups is 2. The zero-order chi connectivity index (χ0) is 27.0. The molecule has 3 aromatic heterocycles. The standard InChI is InChI=1S/C29H32N6O3/c1-33(2)28(36)20-6-4-18(5-7-20)19-11-14-35(15-12-19)17-21-16-23-22(10-13-31-27(23)34(21)3)25-9-8-24(30)26(32-25)29(37)38/h4-10,13,16,19H,11-12,14-15,17,30H2,1-3H3,(H,37,38). The van der Waals surface area contributed by atoms with E-state index in [9.17, 15) is 14.7 Å². The molecule has 0 radical (unpaired) electrons. The number of likely N-dealkylation sites (tertiary alicyclic amines) is 1. The molecule has 1 aromatic carbocycles. The molecule has 0 bridgehead atoms. The van der Waals surface area contributed by atoms with E-state index in [0.717, 1.165) is 54.8 Å². The van der Waals surface area contributed by atoms with Gasteiger partial charge in [-0.2, -0.15) is 0 Å². The molecule has 9 nitrogen and oxygen atoms in total. The predicted molar refractivity (Wildman–Crippen MR) is 147 cm³/mol. The maximum absolute atomic E-state index is 12.2. The highest BCUT2D eigenvalue weighted by atomic mass is 16.4. The van der Waals surface area contributed by atoms with Gasteiger partial charge in [-0.3, -0.25) is 9.69 Å². The molecule has 4 aromatic rings. The molecule has 196 valence electrons. The first kappa shape index (κ1) is 25.4. The number of hydrogen-bond donors (Lipinski definition) is 2. The number of aromatic nitrogens is 3. The number of carboxylic acids is 1. The van der Waals surface area contributed by atoms with Gasteiger partial charge in [0.1, 0.15) is 5.65 Å². The lowest BCUT2D eigenvalue weighted by molar-refractivity contribution is 0.0691. The highest BCUT2D eigenvalue weighted by molar-refractivity contribution is 5.96. The molecule has 38 heavy (non-hydrogen) atoms. The maximum atomic E-state index is 12.2. The fourth-order valence-corrected chi connectivity index (χ4v) is 5.25. The Morgan fingerprint density at radius 1 is 1.08 bits per heavy atom. The Bertz CT molecular complexity index is 1500. The summed E-state index contributed by atoms with van der Waals surface area (Å²) in [5, 5.41) is 10.4. The second-order valence-corrected chi connectivity index (χ2v) is 10.1. The Hall–Kier alpha value is -4.24. The average molecular weight is 513 g/mol. The summed E-state index contributed by atoms with van der Waals surface area (Å²) in [6.07, 6.45) is 3.84. The number of aryl methyl sites for hydroxylation is 1. The summed E-state index contributed by atoms with van der Waals surface area (Å²) >= 11 is 0. The lowest BCUT2D eigenvalue weighted by Crippen LogP contribution is -2.33. The minimum Gasteiger partial charge on any atom is -0.476 e. The smallest absolute Gasteiger partial charge is 0.356 e. The van der Waals surface area contributed by atoms with Crippen molar-refractivity contribution in [2.45, 2.75) is 25.3 Å². The fraction of sp³-hybridized carbons (Fsp3) is 0.310. The van der Waals surface area contributed by atoms with Gasteiger partial charge in [0.2, 0.25) is 0 Å². The maximum Gasteiger partial charge on any atom is 0.356 e. The van der Waals surface area contributed by atoms with E-state index in [1.165, 1.54) is 5.56 Å². The summed E-state index contributed by atoms with van der Waals surface area (Å²) in [7, 11) is 5.54. The number of nitrogens with two attached hydrogens (primary N) is 1. The Morgan fingerprint density at radius 3 is 2.45 bits per heavy atom. The number of rotatable bonds is 6. The van der Waals surface area contributed by atoms with Crippen LogP contribution in [0.1, 0.15) is 50.9 Å². The molecule has 3 N–H and O–H groups in total. The molecule has 9 heteroatoms. The molecule has 1 saturated heterocycles. The first-order valence-corrected chi connectivity index (χ1v) is 12.7. The van der Waals surface area contributed by atoms with Gasteiger partial charge in [0, 0.05) is 56.1 Å². The Balaban J connectivity index is 1.31. The molecule has 1 aliphatic rings. The van der Waals surface area contributed by atoms with Crippen molar-refractivity contribution in [1.29, 1.82) is 0 Å². The third kappa shape index (κ3) is 4.84. The van der Waals surface area contributed by atoms with Gasteiger partial charge in [-0.05, 0) is 73.8 Å².